The van der Waals surface area contributed by atoms with Gasteiger partial charge in [0.05, 0.1) is 17.2 Å². The van der Waals surface area contributed by atoms with E-state index >= 15 is 0 Å². The van der Waals surface area contributed by atoms with Crippen molar-refractivity contribution in [2.75, 3.05) is 0 Å². The van der Waals surface area contributed by atoms with Crippen LogP contribution in [-0.4, -0.2) is 24.9 Å². The van der Waals surface area contributed by atoms with E-state index in [2.05, 4.69) is 20.3 Å². The number of aromatic nitrogens is 5. The molecule has 0 fully saturated rings. The van der Waals surface area contributed by atoms with Gasteiger partial charge in [0.2, 0.25) is 0 Å². The zero-order chi connectivity index (χ0) is 13.9. The van der Waals surface area contributed by atoms with Gasteiger partial charge in [-0.1, -0.05) is 23.0 Å². The Bertz CT molecular complexity index is 690. The van der Waals surface area contributed by atoms with Crippen LogP contribution >= 0.6 is 23.1 Å². The summed E-state index contributed by atoms with van der Waals surface area (Å²) >= 11 is 3.07. The molecule has 0 aliphatic carbocycles. The summed E-state index contributed by atoms with van der Waals surface area (Å²) in [6.45, 7) is 0.370. The van der Waals surface area contributed by atoms with E-state index in [1.54, 1.807) is 11.3 Å². The van der Waals surface area contributed by atoms with E-state index in [9.17, 15) is 0 Å². The normalized spacial score (nSPS) is 11.1. The van der Waals surface area contributed by atoms with Gasteiger partial charge in [0.1, 0.15) is 5.82 Å². The third-order valence-corrected chi connectivity index (χ3v) is 4.51. The molecule has 7 nitrogen and oxygen atoms in total. The molecule has 0 radical (unpaired) electrons. The molecule has 0 amide bonds. The molecular formula is C11H12N6OS2. The lowest BCUT2D eigenvalue weighted by molar-refractivity contribution is 0.426. The fraction of sp³-hybridized carbons (Fsp3) is 0.273. The van der Waals surface area contributed by atoms with Crippen molar-refractivity contribution in [1.29, 1.82) is 0 Å². The maximum absolute atomic E-state index is 5.56. The van der Waals surface area contributed by atoms with E-state index in [1.165, 1.54) is 11.8 Å². The summed E-state index contributed by atoms with van der Waals surface area (Å²) in [5, 5.41) is 14.8. The van der Waals surface area contributed by atoms with Crippen LogP contribution in [0.1, 0.15) is 11.6 Å². The Balaban J connectivity index is 1.68. The maximum Gasteiger partial charge on any atom is 0.268 e. The molecule has 0 saturated heterocycles. The molecule has 0 atom stereocenters. The van der Waals surface area contributed by atoms with Gasteiger partial charge in [-0.15, -0.1) is 21.5 Å². The highest BCUT2D eigenvalue weighted by Crippen LogP contribution is 2.25. The first-order valence-corrected chi connectivity index (χ1v) is 7.72. The molecule has 0 bridgehead atoms. The molecule has 3 rings (SSSR count). The van der Waals surface area contributed by atoms with E-state index in [1.807, 2.05) is 29.1 Å². The van der Waals surface area contributed by atoms with Crippen LogP contribution < -0.4 is 5.73 Å². The van der Waals surface area contributed by atoms with Crippen molar-refractivity contribution >= 4 is 23.1 Å². The second-order valence-corrected chi connectivity index (χ2v) is 5.83. The van der Waals surface area contributed by atoms with Crippen molar-refractivity contribution in [2.24, 2.45) is 12.8 Å². The topological polar surface area (TPSA) is 95.7 Å². The molecule has 0 aromatic carbocycles. The maximum atomic E-state index is 5.56. The second-order valence-electron chi connectivity index (χ2n) is 3.94. The standard InChI is InChI=1S/C11H12N6OS2/c1-17-9(5-12)14-15-11(17)20-6-8-13-10(18-16-8)7-3-2-4-19-7/h2-4H,5-6,12H2,1H3. The first-order chi connectivity index (χ1) is 9.78. The van der Waals surface area contributed by atoms with Crippen LogP contribution in [0.5, 0.6) is 0 Å². The zero-order valence-corrected chi connectivity index (χ0v) is 12.3. The Morgan fingerprint density at radius 3 is 3.05 bits per heavy atom. The third kappa shape index (κ3) is 2.60. The van der Waals surface area contributed by atoms with Crippen molar-refractivity contribution in [3.05, 3.63) is 29.2 Å². The van der Waals surface area contributed by atoms with Crippen LogP contribution in [0.2, 0.25) is 0 Å². The average molecular weight is 308 g/mol. The minimum atomic E-state index is 0.370. The summed E-state index contributed by atoms with van der Waals surface area (Å²) in [4.78, 5) is 5.32. The Hall–Kier alpha value is -1.71. The highest BCUT2D eigenvalue weighted by Gasteiger charge is 2.12. The summed E-state index contributed by atoms with van der Waals surface area (Å²) in [6, 6.07) is 3.90. The molecule has 104 valence electrons. The van der Waals surface area contributed by atoms with E-state index < -0.39 is 0 Å². The fourth-order valence-corrected chi connectivity index (χ4v) is 3.01. The average Bonchev–Trinajstić information content (AvgIpc) is 3.17. The molecule has 2 N–H and O–H groups in total. The molecule has 20 heavy (non-hydrogen) atoms. The van der Waals surface area contributed by atoms with Gasteiger partial charge in [-0.25, -0.2) is 0 Å². The lowest BCUT2D eigenvalue weighted by atomic mass is 10.5. The molecule has 0 spiro atoms. The monoisotopic (exact) mass is 308 g/mol. The molecule has 0 aliphatic rings. The number of thioether (sulfide) groups is 1. The van der Waals surface area contributed by atoms with Crippen LogP contribution in [0.3, 0.4) is 0 Å². The predicted molar refractivity (Wildman–Crippen MR) is 76.1 cm³/mol. The molecule has 3 heterocycles. The molecule has 0 saturated carbocycles. The van der Waals surface area contributed by atoms with Crippen LogP contribution in [0.4, 0.5) is 0 Å². The smallest absolute Gasteiger partial charge is 0.268 e. The number of hydrogen-bond donors (Lipinski definition) is 1. The van der Waals surface area contributed by atoms with Gasteiger partial charge >= 0.3 is 0 Å². The van der Waals surface area contributed by atoms with E-state index in [4.69, 9.17) is 10.3 Å². The summed E-state index contributed by atoms with van der Waals surface area (Å²) in [7, 11) is 1.89. The lowest BCUT2D eigenvalue weighted by Gasteiger charge is -1.99. The van der Waals surface area contributed by atoms with Crippen LogP contribution in [-0.2, 0) is 19.3 Å². The van der Waals surface area contributed by atoms with Gasteiger partial charge in [0, 0.05) is 7.05 Å². The molecule has 3 aromatic rings. The Morgan fingerprint density at radius 2 is 2.35 bits per heavy atom. The van der Waals surface area contributed by atoms with Crippen LogP contribution in [0.25, 0.3) is 10.8 Å². The van der Waals surface area contributed by atoms with Crippen molar-refractivity contribution in [1.82, 2.24) is 24.9 Å². The molecule has 0 aliphatic heterocycles. The largest absolute Gasteiger partial charge is 0.333 e. The van der Waals surface area contributed by atoms with Crippen molar-refractivity contribution < 1.29 is 4.52 Å². The zero-order valence-electron chi connectivity index (χ0n) is 10.7. The van der Waals surface area contributed by atoms with Gasteiger partial charge in [-0.2, -0.15) is 4.98 Å². The number of nitrogens with two attached hydrogens (primary N) is 1. The Morgan fingerprint density at radius 1 is 1.45 bits per heavy atom. The summed E-state index contributed by atoms with van der Waals surface area (Å²) in [5.41, 5.74) is 5.56. The lowest BCUT2D eigenvalue weighted by Crippen LogP contribution is -2.05. The van der Waals surface area contributed by atoms with Crippen molar-refractivity contribution in [3.8, 4) is 10.8 Å². The summed E-state index contributed by atoms with van der Waals surface area (Å²) < 4.78 is 7.09. The number of thiophene rings is 1. The van der Waals surface area contributed by atoms with Gasteiger partial charge in [-0.3, -0.25) is 0 Å². The van der Waals surface area contributed by atoms with Gasteiger partial charge in [0.25, 0.3) is 5.89 Å². The van der Waals surface area contributed by atoms with Crippen LogP contribution in [0, 0.1) is 0 Å². The summed E-state index contributed by atoms with van der Waals surface area (Å²) in [5.74, 6) is 2.51. The molecule has 3 aromatic heterocycles. The van der Waals surface area contributed by atoms with E-state index in [-0.39, 0.29) is 0 Å². The minimum absolute atomic E-state index is 0.370. The first kappa shape index (κ1) is 13.3. The van der Waals surface area contributed by atoms with Crippen molar-refractivity contribution in [2.45, 2.75) is 17.5 Å². The van der Waals surface area contributed by atoms with E-state index in [0.29, 0.717) is 24.0 Å². The fourth-order valence-electron chi connectivity index (χ4n) is 1.59. The molecule has 9 heteroatoms. The van der Waals surface area contributed by atoms with E-state index in [0.717, 1.165) is 15.9 Å². The van der Waals surface area contributed by atoms with Gasteiger partial charge in [0.15, 0.2) is 11.0 Å². The summed E-state index contributed by atoms with van der Waals surface area (Å²) in [6.07, 6.45) is 0. The van der Waals surface area contributed by atoms with Crippen LogP contribution in [0.15, 0.2) is 27.2 Å². The molecular weight excluding hydrogens is 296 g/mol. The quantitative estimate of drug-likeness (QED) is 0.716. The number of hydrogen-bond acceptors (Lipinski definition) is 8. The Kier molecular flexibility index (Phi) is 3.81. The van der Waals surface area contributed by atoms with Gasteiger partial charge < -0.3 is 14.8 Å². The number of rotatable bonds is 5. The highest BCUT2D eigenvalue weighted by atomic mass is 32.2. The minimum Gasteiger partial charge on any atom is -0.333 e. The first-order valence-electron chi connectivity index (χ1n) is 5.85. The molecule has 0 unspecified atom stereocenters. The predicted octanol–water partition coefficient (Wildman–Crippen LogP) is 1.68. The second kappa shape index (κ2) is 5.73. The van der Waals surface area contributed by atoms with Gasteiger partial charge in [-0.05, 0) is 11.4 Å². The number of nitrogens with zero attached hydrogens (tertiary/aromatic N) is 5. The Labute approximate surface area is 123 Å². The third-order valence-electron chi connectivity index (χ3n) is 2.64. The highest BCUT2D eigenvalue weighted by molar-refractivity contribution is 7.98. The van der Waals surface area contributed by atoms with Crippen molar-refractivity contribution in [3.63, 3.8) is 0 Å². The SMILES string of the molecule is Cn1c(CN)nnc1SCc1noc(-c2cccs2)n1.